The highest BCUT2D eigenvalue weighted by Crippen LogP contribution is 2.33. The van der Waals surface area contributed by atoms with Gasteiger partial charge in [0.2, 0.25) is 17.6 Å². The van der Waals surface area contributed by atoms with Crippen LogP contribution in [0.15, 0.2) is 52.4 Å². The van der Waals surface area contributed by atoms with E-state index < -0.39 is 0 Å². The summed E-state index contributed by atoms with van der Waals surface area (Å²) < 4.78 is 15.7. The van der Waals surface area contributed by atoms with Crippen molar-refractivity contribution in [1.29, 1.82) is 0 Å². The number of para-hydroxylation sites is 1. The number of thiazole rings is 1. The molecular formula is C22H20N4O4S. The standard InChI is InChI=1S/C22H20N4O4S/c1-13-23-21(26-30-13)16-6-4-5-7-17(16)25-20(27)11-15-12-31-22(24-15)14-8-9-18(28-2)19(10-14)29-3/h4-10,12H,11H2,1-3H3,(H,25,27). The van der Waals surface area contributed by atoms with Crippen molar-refractivity contribution in [3.8, 4) is 33.5 Å². The first-order chi connectivity index (χ1) is 15.1. The molecule has 0 saturated carbocycles. The highest BCUT2D eigenvalue weighted by atomic mass is 32.1. The van der Waals surface area contributed by atoms with Crippen molar-refractivity contribution in [2.75, 3.05) is 19.5 Å². The van der Waals surface area contributed by atoms with Crippen LogP contribution in [0.5, 0.6) is 11.5 Å². The Kier molecular flexibility index (Phi) is 5.94. The van der Waals surface area contributed by atoms with Gasteiger partial charge in [-0.05, 0) is 30.3 Å². The van der Waals surface area contributed by atoms with Crippen LogP contribution >= 0.6 is 11.3 Å². The van der Waals surface area contributed by atoms with Gasteiger partial charge in [-0.1, -0.05) is 17.3 Å². The summed E-state index contributed by atoms with van der Waals surface area (Å²) in [6, 6.07) is 12.9. The number of hydrogen-bond acceptors (Lipinski definition) is 8. The predicted octanol–water partition coefficient (Wildman–Crippen LogP) is 4.37. The number of aromatic nitrogens is 3. The molecule has 8 nitrogen and oxygen atoms in total. The lowest BCUT2D eigenvalue weighted by atomic mass is 10.1. The van der Waals surface area contributed by atoms with Crippen molar-refractivity contribution < 1.29 is 18.8 Å². The molecule has 0 aliphatic heterocycles. The maximum atomic E-state index is 12.7. The van der Waals surface area contributed by atoms with E-state index in [2.05, 4.69) is 20.4 Å². The van der Waals surface area contributed by atoms with Gasteiger partial charge in [-0.15, -0.1) is 11.3 Å². The molecule has 31 heavy (non-hydrogen) atoms. The van der Waals surface area contributed by atoms with Crippen LogP contribution in [-0.4, -0.2) is 35.3 Å². The molecule has 0 fully saturated rings. The van der Waals surface area contributed by atoms with Gasteiger partial charge in [-0.2, -0.15) is 4.98 Å². The Labute approximate surface area is 182 Å². The zero-order valence-electron chi connectivity index (χ0n) is 17.2. The van der Waals surface area contributed by atoms with Gasteiger partial charge < -0.3 is 19.3 Å². The number of carbonyl (C=O) groups excluding carboxylic acids is 1. The Morgan fingerprint density at radius 2 is 1.90 bits per heavy atom. The first-order valence-corrected chi connectivity index (χ1v) is 10.3. The first kappa shape index (κ1) is 20.5. The fourth-order valence-corrected chi connectivity index (χ4v) is 3.86. The van der Waals surface area contributed by atoms with Gasteiger partial charge in [-0.3, -0.25) is 4.79 Å². The average molecular weight is 436 g/mol. The SMILES string of the molecule is COc1ccc(-c2nc(CC(=O)Nc3ccccc3-c3noc(C)n3)cs2)cc1OC. The molecule has 0 spiro atoms. The molecule has 2 aromatic carbocycles. The van der Waals surface area contributed by atoms with E-state index in [0.717, 1.165) is 10.6 Å². The third kappa shape index (κ3) is 4.56. The number of nitrogens with one attached hydrogen (secondary N) is 1. The zero-order valence-corrected chi connectivity index (χ0v) is 18.0. The number of nitrogens with zero attached hydrogens (tertiary/aromatic N) is 3. The number of amides is 1. The molecule has 2 aromatic heterocycles. The maximum Gasteiger partial charge on any atom is 0.230 e. The predicted molar refractivity (Wildman–Crippen MR) is 117 cm³/mol. The summed E-state index contributed by atoms with van der Waals surface area (Å²) in [4.78, 5) is 21.5. The zero-order chi connectivity index (χ0) is 21.8. The second-order valence-electron chi connectivity index (χ2n) is 6.62. The largest absolute Gasteiger partial charge is 0.493 e. The third-order valence-electron chi connectivity index (χ3n) is 4.49. The molecule has 0 bridgehead atoms. The van der Waals surface area contributed by atoms with Gasteiger partial charge in [0.15, 0.2) is 11.5 Å². The molecule has 0 radical (unpaired) electrons. The van der Waals surface area contributed by atoms with Crippen LogP contribution < -0.4 is 14.8 Å². The second-order valence-corrected chi connectivity index (χ2v) is 7.48. The molecule has 0 saturated heterocycles. The van der Waals surface area contributed by atoms with Crippen LogP contribution in [0.1, 0.15) is 11.6 Å². The lowest BCUT2D eigenvalue weighted by Crippen LogP contribution is -2.15. The molecule has 2 heterocycles. The molecule has 4 rings (SSSR count). The van der Waals surface area contributed by atoms with Crippen molar-refractivity contribution in [3.63, 3.8) is 0 Å². The van der Waals surface area contributed by atoms with E-state index in [1.165, 1.54) is 11.3 Å². The Morgan fingerprint density at radius 1 is 1.10 bits per heavy atom. The summed E-state index contributed by atoms with van der Waals surface area (Å²) in [5.74, 6) is 1.98. The van der Waals surface area contributed by atoms with E-state index in [4.69, 9.17) is 14.0 Å². The van der Waals surface area contributed by atoms with E-state index in [0.29, 0.717) is 40.2 Å². The van der Waals surface area contributed by atoms with Crippen molar-refractivity contribution in [2.45, 2.75) is 13.3 Å². The van der Waals surface area contributed by atoms with Crippen LogP contribution in [0, 0.1) is 6.92 Å². The smallest absolute Gasteiger partial charge is 0.230 e. The minimum Gasteiger partial charge on any atom is -0.493 e. The monoisotopic (exact) mass is 436 g/mol. The van der Waals surface area contributed by atoms with Gasteiger partial charge in [0.05, 0.1) is 32.0 Å². The highest BCUT2D eigenvalue weighted by Gasteiger charge is 2.15. The van der Waals surface area contributed by atoms with Gasteiger partial charge in [0.1, 0.15) is 5.01 Å². The molecule has 1 amide bonds. The minimum absolute atomic E-state index is 0.142. The number of rotatable bonds is 7. The molecule has 158 valence electrons. The van der Waals surface area contributed by atoms with Gasteiger partial charge in [-0.25, -0.2) is 4.98 Å². The number of carbonyl (C=O) groups is 1. The van der Waals surface area contributed by atoms with Crippen LogP contribution in [0.4, 0.5) is 5.69 Å². The number of methoxy groups -OCH3 is 2. The summed E-state index contributed by atoms with van der Waals surface area (Å²) in [5, 5.41) is 9.52. The van der Waals surface area contributed by atoms with Crippen molar-refractivity contribution in [1.82, 2.24) is 15.1 Å². The van der Waals surface area contributed by atoms with Crippen LogP contribution in [0.3, 0.4) is 0 Å². The number of aryl methyl sites for hydroxylation is 1. The molecule has 4 aromatic rings. The van der Waals surface area contributed by atoms with Gasteiger partial charge in [0, 0.05) is 23.4 Å². The van der Waals surface area contributed by atoms with Gasteiger partial charge >= 0.3 is 0 Å². The van der Waals surface area contributed by atoms with Crippen molar-refractivity contribution in [2.24, 2.45) is 0 Å². The molecule has 0 aliphatic carbocycles. The molecule has 0 unspecified atom stereocenters. The van der Waals surface area contributed by atoms with E-state index >= 15 is 0 Å². The normalized spacial score (nSPS) is 10.7. The molecule has 0 aliphatic rings. The molecular weight excluding hydrogens is 416 g/mol. The second kappa shape index (κ2) is 8.97. The number of anilines is 1. The van der Waals surface area contributed by atoms with E-state index in [9.17, 15) is 4.79 Å². The van der Waals surface area contributed by atoms with Gasteiger partial charge in [0.25, 0.3) is 0 Å². The van der Waals surface area contributed by atoms with Crippen molar-refractivity contribution in [3.05, 3.63) is 59.4 Å². The molecule has 0 atom stereocenters. The quantitative estimate of drug-likeness (QED) is 0.459. The maximum absolute atomic E-state index is 12.7. The Morgan fingerprint density at radius 3 is 2.65 bits per heavy atom. The fourth-order valence-electron chi connectivity index (χ4n) is 3.04. The van der Waals surface area contributed by atoms with E-state index in [-0.39, 0.29) is 12.3 Å². The average Bonchev–Trinajstić information content (AvgIpc) is 3.42. The highest BCUT2D eigenvalue weighted by molar-refractivity contribution is 7.13. The molecule has 1 N–H and O–H groups in total. The summed E-state index contributed by atoms with van der Waals surface area (Å²) >= 11 is 1.47. The topological polar surface area (TPSA) is 99.4 Å². The Balaban J connectivity index is 1.48. The first-order valence-electron chi connectivity index (χ1n) is 9.43. The lowest BCUT2D eigenvalue weighted by Gasteiger charge is -2.08. The van der Waals surface area contributed by atoms with Crippen LogP contribution in [0.25, 0.3) is 22.0 Å². The summed E-state index contributed by atoms with van der Waals surface area (Å²) in [5.41, 5.74) is 2.88. The van der Waals surface area contributed by atoms with E-state index in [1.54, 1.807) is 27.2 Å². The Hall–Kier alpha value is -3.72. The summed E-state index contributed by atoms with van der Waals surface area (Å²) in [6.45, 7) is 1.72. The van der Waals surface area contributed by atoms with Crippen molar-refractivity contribution >= 4 is 22.9 Å². The number of hydrogen-bond donors (Lipinski definition) is 1. The number of ether oxygens (including phenoxy) is 2. The lowest BCUT2D eigenvalue weighted by molar-refractivity contribution is -0.115. The van der Waals surface area contributed by atoms with Crippen LogP contribution in [-0.2, 0) is 11.2 Å². The minimum atomic E-state index is -0.183. The fraction of sp³-hybridized carbons (Fsp3) is 0.182. The summed E-state index contributed by atoms with van der Waals surface area (Å²) in [7, 11) is 3.18. The van der Waals surface area contributed by atoms with E-state index in [1.807, 2.05) is 41.8 Å². The number of benzene rings is 2. The van der Waals surface area contributed by atoms with Crippen LogP contribution in [0.2, 0.25) is 0 Å². The summed E-state index contributed by atoms with van der Waals surface area (Å²) in [6.07, 6.45) is 0.142. The third-order valence-corrected chi connectivity index (χ3v) is 5.43. The molecule has 9 heteroatoms. The Bertz CT molecular complexity index is 1220.